The molecule has 0 aliphatic heterocycles. The Labute approximate surface area is 126 Å². The Bertz CT molecular complexity index is 304. The average Bonchev–Trinajstić information content (AvgIpc) is 2.30. The van der Waals surface area contributed by atoms with Crippen molar-refractivity contribution in [3.63, 3.8) is 0 Å². The molecule has 0 fully saturated rings. The van der Waals surface area contributed by atoms with Crippen LogP contribution in [0.4, 0.5) is 13.2 Å². The van der Waals surface area contributed by atoms with E-state index in [1.165, 1.54) is 0 Å². The molecule has 126 valence electrons. The Morgan fingerprint density at radius 1 is 1.19 bits per heavy atom. The van der Waals surface area contributed by atoms with Gasteiger partial charge >= 0.3 is 12.1 Å². The molecule has 0 spiro atoms. The Kier molecular flexibility index (Phi) is 9.41. The second-order valence-electron chi connectivity index (χ2n) is 5.33. The van der Waals surface area contributed by atoms with E-state index in [1.54, 1.807) is 0 Å². The molecule has 8 heteroatoms. The molecule has 0 heterocycles. The lowest BCUT2D eigenvalue weighted by Crippen LogP contribution is -2.37. The quantitative estimate of drug-likeness (QED) is 0.519. The monoisotopic (exact) mass is 330 g/mol. The van der Waals surface area contributed by atoms with E-state index in [4.69, 9.17) is 4.52 Å². The highest BCUT2D eigenvalue weighted by Crippen LogP contribution is 2.40. The number of carbonyl (C=O) groups is 1. The molecule has 4 nitrogen and oxygen atoms in total. The summed E-state index contributed by atoms with van der Waals surface area (Å²) in [4.78, 5) is 10.6. The number of alkyl halides is 3. The number of halogens is 3. The van der Waals surface area contributed by atoms with Gasteiger partial charge in [-0.3, -0.25) is 9.46 Å². The van der Waals surface area contributed by atoms with Crippen molar-refractivity contribution in [3.05, 3.63) is 0 Å². The van der Waals surface area contributed by atoms with Gasteiger partial charge in [-0.2, -0.15) is 13.2 Å². The van der Waals surface area contributed by atoms with E-state index in [1.807, 2.05) is 12.0 Å². The normalized spacial score (nSPS) is 14.0. The van der Waals surface area contributed by atoms with Crippen LogP contribution in [-0.2, 0) is 9.32 Å². The number of hydrogen-bond donors (Lipinski definition) is 1. The van der Waals surface area contributed by atoms with Crippen LogP contribution < -0.4 is 5.32 Å². The molecule has 0 saturated carbocycles. The van der Waals surface area contributed by atoms with E-state index in [0.717, 1.165) is 0 Å². The topological polar surface area (TPSA) is 41.6 Å². The lowest BCUT2D eigenvalue weighted by molar-refractivity contribution is -0.173. The minimum atomic E-state index is -4.80. The summed E-state index contributed by atoms with van der Waals surface area (Å²) in [6.45, 7) is 11.0. The van der Waals surface area contributed by atoms with Crippen LogP contribution in [0.3, 0.4) is 0 Å². The molecule has 0 aliphatic carbocycles. The number of rotatable bonds is 9. The summed E-state index contributed by atoms with van der Waals surface area (Å²) in [6, 6.07) is 0.763. The summed E-state index contributed by atoms with van der Waals surface area (Å²) in [5.41, 5.74) is 0. The van der Waals surface area contributed by atoms with Crippen molar-refractivity contribution in [1.82, 2.24) is 9.99 Å². The fourth-order valence-electron chi connectivity index (χ4n) is 2.04. The first-order valence-electron chi connectivity index (χ1n) is 7.07. The van der Waals surface area contributed by atoms with Gasteiger partial charge in [0.15, 0.2) is 0 Å². The molecular formula is C13H26F3N2O2P. The molecule has 1 N–H and O–H groups in total. The third-order valence-corrected chi connectivity index (χ3v) is 4.91. The molecule has 1 amide bonds. The van der Waals surface area contributed by atoms with Crippen LogP contribution in [0.2, 0.25) is 0 Å². The molecule has 21 heavy (non-hydrogen) atoms. The predicted octanol–water partition coefficient (Wildman–Crippen LogP) is 3.52. The zero-order valence-electron chi connectivity index (χ0n) is 13.3. The fourth-order valence-corrected chi connectivity index (χ4v) is 3.87. The Morgan fingerprint density at radius 2 is 1.71 bits per heavy atom. The average molecular weight is 330 g/mol. The van der Waals surface area contributed by atoms with E-state index in [2.05, 4.69) is 32.4 Å². The molecule has 0 aromatic rings. The van der Waals surface area contributed by atoms with Crippen molar-refractivity contribution >= 4 is 14.2 Å². The summed E-state index contributed by atoms with van der Waals surface area (Å²) < 4.78 is 43.8. The zero-order valence-corrected chi connectivity index (χ0v) is 14.2. The first kappa shape index (κ1) is 20.6. The van der Waals surface area contributed by atoms with Crippen molar-refractivity contribution in [2.45, 2.75) is 58.8 Å². The first-order chi connectivity index (χ1) is 9.57. The fraction of sp³-hybridized carbons (Fsp3) is 0.923. The van der Waals surface area contributed by atoms with Crippen molar-refractivity contribution in [1.29, 1.82) is 0 Å². The third-order valence-electron chi connectivity index (χ3n) is 2.78. The van der Waals surface area contributed by atoms with Crippen molar-refractivity contribution in [3.8, 4) is 0 Å². The molecule has 0 aromatic heterocycles. The lowest BCUT2D eigenvalue weighted by atomic mass is 10.3. The molecule has 0 saturated heterocycles. The van der Waals surface area contributed by atoms with Gasteiger partial charge < -0.3 is 9.84 Å². The maximum atomic E-state index is 11.9. The van der Waals surface area contributed by atoms with Gasteiger partial charge in [0.1, 0.15) is 8.30 Å². The molecule has 1 atom stereocenters. The molecule has 1 unspecified atom stereocenters. The summed E-state index contributed by atoms with van der Waals surface area (Å²) in [6.07, 6.45) is -3.72. The smallest absolute Gasteiger partial charge is 0.348 e. The predicted molar refractivity (Wildman–Crippen MR) is 79.2 cm³/mol. The van der Waals surface area contributed by atoms with Crippen LogP contribution in [-0.4, -0.2) is 48.7 Å². The number of hydrogen-bond acceptors (Lipinski definition) is 3. The van der Waals surface area contributed by atoms with Crippen molar-refractivity contribution in [2.24, 2.45) is 0 Å². The number of amides is 1. The van der Waals surface area contributed by atoms with Gasteiger partial charge in [-0.1, -0.05) is 0 Å². The summed E-state index contributed by atoms with van der Waals surface area (Å²) >= 11 is 0. The van der Waals surface area contributed by atoms with Gasteiger partial charge in [-0.25, -0.2) is 0 Å². The van der Waals surface area contributed by atoms with E-state index in [9.17, 15) is 18.0 Å². The SMILES string of the molecule is CC(C)N(C(C)C)P(C)OCCCCNC(=O)C(F)(F)F. The lowest BCUT2D eigenvalue weighted by Gasteiger charge is -2.35. The minimum Gasteiger partial charge on any atom is -0.348 e. The van der Waals surface area contributed by atoms with Gasteiger partial charge in [0.2, 0.25) is 0 Å². The standard InChI is InChI=1S/C13H26F3N2O2P/c1-10(2)18(11(3)4)21(5)20-9-7-6-8-17-12(19)13(14,15)16/h10-11H,6-9H2,1-5H3,(H,17,19). The molecule has 0 rings (SSSR count). The van der Waals surface area contributed by atoms with Gasteiger partial charge in [0, 0.05) is 18.6 Å². The number of nitrogens with one attached hydrogen (secondary N) is 1. The summed E-state index contributed by atoms with van der Waals surface area (Å²) in [5.74, 6) is -1.88. The van der Waals surface area contributed by atoms with Crippen LogP contribution in [0.1, 0.15) is 40.5 Å². The summed E-state index contributed by atoms with van der Waals surface area (Å²) in [5, 5.41) is 1.85. The highest BCUT2D eigenvalue weighted by atomic mass is 31.2. The molecule has 0 aromatic carbocycles. The molecule has 0 aliphatic rings. The summed E-state index contributed by atoms with van der Waals surface area (Å²) in [7, 11) is -0.709. The van der Waals surface area contributed by atoms with E-state index >= 15 is 0 Å². The molecule has 0 radical (unpaired) electrons. The van der Waals surface area contributed by atoms with E-state index in [0.29, 0.717) is 31.5 Å². The van der Waals surface area contributed by atoms with Crippen LogP contribution in [0, 0.1) is 0 Å². The Balaban J connectivity index is 3.83. The van der Waals surface area contributed by atoms with E-state index < -0.39 is 20.4 Å². The zero-order chi connectivity index (χ0) is 16.6. The molecule has 0 bridgehead atoms. The number of carbonyl (C=O) groups excluding carboxylic acids is 1. The molecular weight excluding hydrogens is 304 g/mol. The van der Waals surface area contributed by atoms with Crippen molar-refractivity contribution in [2.75, 3.05) is 19.8 Å². The first-order valence-corrected chi connectivity index (χ1v) is 8.73. The minimum absolute atomic E-state index is 0.0153. The second kappa shape index (κ2) is 9.59. The van der Waals surface area contributed by atoms with Crippen molar-refractivity contribution < 1.29 is 22.5 Å². The number of unbranched alkanes of at least 4 members (excludes halogenated alkanes) is 1. The van der Waals surface area contributed by atoms with Crippen LogP contribution in [0.25, 0.3) is 0 Å². The largest absolute Gasteiger partial charge is 0.471 e. The van der Waals surface area contributed by atoms with Crippen LogP contribution >= 0.6 is 8.30 Å². The maximum absolute atomic E-state index is 11.9. The Morgan fingerprint density at radius 3 is 2.14 bits per heavy atom. The van der Waals surface area contributed by atoms with Crippen LogP contribution in [0.15, 0.2) is 0 Å². The van der Waals surface area contributed by atoms with Crippen LogP contribution in [0.5, 0.6) is 0 Å². The number of nitrogens with zero attached hydrogens (tertiary/aromatic N) is 1. The van der Waals surface area contributed by atoms with Gasteiger partial charge in [-0.05, 0) is 47.2 Å². The van der Waals surface area contributed by atoms with Gasteiger partial charge in [0.05, 0.1) is 6.61 Å². The second-order valence-corrected chi connectivity index (χ2v) is 6.97. The van der Waals surface area contributed by atoms with Gasteiger partial charge in [-0.15, -0.1) is 0 Å². The Hall–Kier alpha value is -0.390. The maximum Gasteiger partial charge on any atom is 0.471 e. The highest BCUT2D eigenvalue weighted by molar-refractivity contribution is 7.49. The highest BCUT2D eigenvalue weighted by Gasteiger charge is 2.38. The third kappa shape index (κ3) is 8.59. The van der Waals surface area contributed by atoms with Gasteiger partial charge in [0.25, 0.3) is 0 Å². The van der Waals surface area contributed by atoms with E-state index in [-0.39, 0.29) is 6.54 Å².